The molecule has 6 heteroatoms. The van der Waals surface area contributed by atoms with Gasteiger partial charge in [-0.15, -0.1) is 0 Å². The minimum absolute atomic E-state index is 0.341. The van der Waals surface area contributed by atoms with Crippen LogP contribution in [0.15, 0.2) is 71.0 Å². The summed E-state index contributed by atoms with van der Waals surface area (Å²) in [7, 11) is 0. The Kier molecular flexibility index (Phi) is 6.81. The summed E-state index contributed by atoms with van der Waals surface area (Å²) >= 11 is 1.37. The number of nitriles is 1. The molecule has 0 aliphatic carbocycles. The number of benzene rings is 2. The van der Waals surface area contributed by atoms with Crippen molar-refractivity contribution in [3.05, 3.63) is 71.6 Å². The lowest BCUT2D eigenvalue weighted by Gasteiger charge is -2.13. The van der Waals surface area contributed by atoms with Gasteiger partial charge in [-0.1, -0.05) is 42.1 Å². The molecule has 0 spiro atoms. The van der Waals surface area contributed by atoms with Gasteiger partial charge in [-0.05, 0) is 36.6 Å². The van der Waals surface area contributed by atoms with E-state index in [4.69, 9.17) is 10.00 Å². The molecule has 0 aromatic heterocycles. The normalized spacial score (nSPS) is 11.5. The Labute approximate surface area is 150 Å². The standard InChI is InChI=1S/C19H16N2O3S/c1-14(19(23)21-17-10-6-5-7-15(17)13-20)24-18(22)11-12-25-16-8-3-2-4-9-16/h2-12,14H,1H3,(H,21,23)/b12-11+/t14-/m0/s1. The summed E-state index contributed by atoms with van der Waals surface area (Å²) in [4.78, 5) is 24.8. The smallest absolute Gasteiger partial charge is 0.332 e. The van der Waals surface area contributed by atoms with Gasteiger partial charge in [0.05, 0.1) is 11.3 Å². The van der Waals surface area contributed by atoms with E-state index in [0.717, 1.165) is 4.90 Å². The lowest BCUT2D eigenvalue weighted by Crippen LogP contribution is -2.29. The zero-order chi connectivity index (χ0) is 18.1. The predicted octanol–water partition coefficient (Wildman–Crippen LogP) is 3.73. The Morgan fingerprint density at radius 3 is 2.56 bits per heavy atom. The molecule has 0 bridgehead atoms. The Morgan fingerprint density at radius 2 is 1.84 bits per heavy atom. The van der Waals surface area contributed by atoms with Gasteiger partial charge in [0.1, 0.15) is 6.07 Å². The maximum absolute atomic E-state index is 12.1. The molecule has 1 amide bonds. The van der Waals surface area contributed by atoms with E-state index in [-0.39, 0.29) is 0 Å². The number of carbonyl (C=O) groups is 2. The lowest BCUT2D eigenvalue weighted by atomic mass is 10.2. The molecular formula is C19H16N2O3S. The first-order valence-electron chi connectivity index (χ1n) is 7.49. The van der Waals surface area contributed by atoms with Crippen molar-refractivity contribution < 1.29 is 14.3 Å². The van der Waals surface area contributed by atoms with Crippen molar-refractivity contribution in [2.24, 2.45) is 0 Å². The van der Waals surface area contributed by atoms with Crippen LogP contribution in [-0.4, -0.2) is 18.0 Å². The van der Waals surface area contributed by atoms with Crippen molar-refractivity contribution in [3.8, 4) is 6.07 Å². The number of hydrogen-bond acceptors (Lipinski definition) is 5. The van der Waals surface area contributed by atoms with Crippen molar-refractivity contribution in [3.63, 3.8) is 0 Å². The second-order valence-corrected chi connectivity index (χ2v) is 5.94. The van der Waals surface area contributed by atoms with E-state index in [9.17, 15) is 9.59 Å². The van der Waals surface area contributed by atoms with Crippen LogP contribution in [0.1, 0.15) is 12.5 Å². The largest absolute Gasteiger partial charge is 0.449 e. The number of nitrogens with zero attached hydrogens (tertiary/aromatic N) is 1. The van der Waals surface area contributed by atoms with Crippen LogP contribution >= 0.6 is 11.8 Å². The molecule has 2 aromatic rings. The van der Waals surface area contributed by atoms with Gasteiger partial charge in [0.2, 0.25) is 0 Å². The molecule has 0 aliphatic heterocycles. The van der Waals surface area contributed by atoms with Crippen molar-refractivity contribution in [1.82, 2.24) is 0 Å². The van der Waals surface area contributed by atoms with Gasteiger partial charge in [-0.3, -0.25) is 4.79 Å². The highest BCUT2D eigenvalue weighted by molar-refractivity contribution is 8.02. The Balaban J connectivity index is 1.86. The number of hydrogen-bond donors (Lipinski definition) is 1. The molecule has 0 aliphatic rings. The van der Waals surface area contributed by atoms with Gasteiger partial charge in [0.25, 0.3) is 5.91 Å². The number of amides is 1. The van der Waals surface area contributed by atoms with Crippen LogP contribution in [0, 0.1) is 11.3 Å². The van der Waals surface area contributed by atoms with E-state index < -0.39 is 18.0 Å². The van der Waals surface area contributed by atoms with Crippen LogP contribution in [0.2, 0.25) is 0 Å². The molecule has 0 saturated carbocycles. The fourth-order valence-electron chi connectivity index (χ4n) is 1.86. The first-order valence-corrected chi connectivity index (χ1v) is 8.37. The van der Waals surface area contributed by atoms with Gasteiger partial charge in [0.15, 0.2) is 6.10 Å². The summed E-state index contributed by atoms with van der Waals surface area (Å²) in [5.74, 6) is -1.11. The summed E-state index contributed by atoms with van der Waals surface area (Å²) in [5.41, 5.74) is 0.724. The third-order valence-corrected chi connectivity index (χ3v) is 3.94. The number of para-hydroxylation sites is 1. The maximum atomic E-state index is 12.1. The summed E-state index contributed by atoms with van der Waals surface area (Å²) in [5, 5.41) is 13.2. The van der Waals surface area contributed by atoms with Crippen LogP contribution in [0.4, 0.5) is 5.69 Å². The third-order valence-electron chi connectivity index (χ3n) is 3.12. The van der Waals surface area contributed by atoms with E-state index >= 15 is 0 Å². The van der Waals surface area contributed by atoms with Crippen molar-refractivity contribution in [2.75, 3.05) is 5.32 Å². The molecule has 0 saturated heterocycles. The molecular weight excluding hydrogens is 336 g/mol. The van der Waals surface area contributed by atoms with Gasteiger partial charge < -0.3 is 10.1 Å². The van der Waals surface area contributed by atoms with Crippen LogP contribution < -0.4 is 5.32 Å². The van der Waals surface area contributed by atoms with E-state index in [0.29, 0.717) is 11.3 Å². The number of carbonyl (C=O) groups excluding carboxylic acids is 2. The quantitative estimate of drug-likeness (QED) is 0.487. The fraction of sp³-hybridized carbons (Fsp3) is 0.105. The second kappa shape index (κ2) is 9.30. The number of thioether (sulfide) groups is 1. The molecule has 126 valence electrons. The Morgan fingerprint density at radius 1 is 1.16 bits per heavy atom. The van der Waals surface area contributed by atoms with Crippen molar-refractivity contribution in [1.29, 1.82) is 5.26 Å². The summed E-state index contributed by atoms with van der Waals surface area (Å²) in [6.07, 6.45) is 0.288. The number of ether oxygens (including phenoxy) is 1. The van der Waals surface area contributed by atoms with Crippen molar-refractivity contribution >= 4 is 29.3 Å². The summed E-state index contributed by atoms with van der Waals surface area (Å²) in [6, 6.07) is 18.2. The van der Waals surface area contributed by atoms with Gasteiger partial charge in [-0.25, -0.2) is 4.79 Å². The highest BCUT2D eigenvalue weighted by Crippen LogP contribution is 2.18. The van der Waals surface area contributed by atoms with E-state index in [1.807, 2.05) is 36.4 Å². The molecule has 1 atom stereocenters. The van der Waals surface area contributed by atoms with Crippen LogP contribution in [0.5, 0.6) is 0 Å². The first-order chi connectivity index (χ1) is 12.1. The molecule has 0 heterocycles. The maximum Gasteiger partial charge on any atom is 0.332 e. The fourth-order valence-corrected chi connectivity index (χ4v) is 2.51. The number of nitrogens with one attached hydrogen (secondary N) is 1. The SMILES string of the molecule is C[C@H](OC(=O)/C=C/Sc1ccccc1)C(=O)Nc1ccccc1C#N. The molecule has 1 N–H and O–H groups in total. The number of rotatable bonds is 6. The van der Waals surface area contributed by atoms with Gasteiger partial charge in [-0.2, -0.15) is 5.26 Å². The average Bonchev–Trinajstić information content (AvgIpc) is 2.63. The van der Waals surface area contributed by atoms with Gasteiger partial charge >= 0.3 is 5.97 Å². The van der Waals surface area contributed by atoms with Crippen LogP contribution in [0.25, 0.3) is 0 Å². The minimum Gasteiger partial charge on any atom is -0.449 e. The molecule has 2 aromatic carbocycles. The van der Waals surface area contributed by atoms with E-state index in [2.05, 4.69) is 5.32 Å². The molecule has 0 fully saturated rings. The lowest BCUT2D eigenvalue weighted by molar-refractivity contribution is -0.148. The van der Waals surface area contributed by atoms with E-state index in [1.54, 1.807) is 29.7 Å². The van der Waals surface area contributed by atoms with E-state index in [1.165, 1.54) is 24.8 Å². The molecule has 0 unspecified atom stereocenters. The molecule has 25 heavy (non-hydrogen) atoms. The highest BCUT2D eigenvalue weighted by atomic mass is 32.2. The second-order valence-electron chi connectivity index (χ2n) is 4.96. The predicted molar refractivity (Wildman–Crippen MR) is 96.8 cm³/mol. The molecule has 2 rings (SSSR count). The Hall–Kier alpha value is -3.04. The first kappa shape index (κ1) is 18.3. The topological polar surface area (TPSA) is 79.2 Å². The molecule has 0 radical (unpaired) electrons. The monoisotopic (exact) mass is 352 g/mol. The van der Waals surface area contributed by atoms with Crippen molar-refractivity contribution in [2.45, 2.75) is 17.9 Å². The van der Waals surface area contributed by atoms with Gasteiger partial charge in [0, 0.05) is 11.0 Å². The average molecular weight is 352 g/mol. The third kappa shape index (κ3) is 5.83. The highest BCUT2D eigenvalue weighted by Gasteiger charge is 2.17. The zero-order valence-corrected chi connectivity index (χ0v) is 14.3. The summed E-state index contributed by atoms with van der Waals surface area (Å²) < 4.78 is 5.06. The van der Waals surface area contributed by atoms with Crippen LogP contribution in [0.3, 0.4) is 0 Å². The number of anilines is 1. The zero-order valence-electron chi connectivity index (χ0n) is 13.5. The van der Waals surface area contributed by atoms with Crippen LogP contribution in [-0.2, 0) is 14.3 Å². The molecule has 5 nitrogen and oxygen atoms in total. The number of esters is 1. The summed E-state index contributed by atoms with van der Waals surface area (Å²) in [6.45, 7) is 1.47. The Bertz CT molecular complexity index is 813. The minimum atomic E-state index is -0.981.